The molecule has 0 aliphatic carbocycles. The molecular formula is C13H13F2NO3S. The first kappa shape index (κ1) is 16.1. The van der Waals surface area contributed by atoms with Gasteiger partial charge in [0, 0.05) is 6.26 Å². The van der Waals surface area contributed by atoms with Gasteiger partial charge in [0.2, 0.25) is 0 Å². The van der Waals surface area contributed by atoms with Crippen LogP contribution in [0.15, 0.2) is 17.0 Å². The van der Waals surface area contributed by atoms with Crippen LogP contribution in [0, 0.1) is 25.2 Å². The van der Waals surface area contributed by atoms with Gasteiger partial charge in [0.25, 0.3) is 0 Å². The summed E-state index contributed by atoms with van der Waals surface area (Å²) < 4.78 is 51.6. The third-order valence-electron chi connectivity index (χ3n) is 2.50. The van der Waals surface area contributed by atoms with Crippen LogP contribution in [0.4, 0.5) is 8.78 Å². The number of nitriles is 1. The summed E-state index contributed by atoms with van der Waals surface area (Å²) in [5, 5.41) is 8.81. The standard InChI is InChI=1S/C13H13F2NO3S/c1-8-4-10(6-11(7-16)20(3,17)18)5-9(2)12(8)19-13(14)15/h4-6,13H,1-3H3/b11-6-. The van der Waals surface area contributed by atoms with Crippen molar-refractivity contribution in [3.05, 3.63) is 33.7 Å². The van der Waals surface area contributed by atoms with Gasteiger partial charge in [0.1, 0.15) is 16.7 Å². The molecule has 1 aromatic rings. The van der Waals surface area contributed by atoms with Crippen LogP contribution in [0.3, 0.4) is 0 Å². The van der Waals surface area contributed by atoms with E-state index in [1.165, 1.54) is 18.2 Å². The summed E-state index contributed by atoms with van der Waals surface area (Å²) in [6.07, 6.45) is 2.12. The molecule has 0 fully saturated rings. The fourth-order valence-corrected chi connectivity index (χ4v) is 2.23. The summed E-state index contributed by atoms with van der Waals surface area (Å²) in [5.41, 5.74) is 1.30. The number of benzene rings is 1. The number of hydrogen-bond donors (Lipinski definition) is 0. The van der Waals surface area contributed by atoms with Crippen molar-refractivity contribution in [2.24, 2.45) is 0 Å². The van der Waals surface area contributed by atoms with Crippen LogP contribution in [-0.4, -0.2) is 21.3 Å². The van der Waals surface area contributed by atoms with E-state index in [4.69, 9.17) is 5.26 Å². The molecule has 7 heteroatoms. The van der Waals surface area contributed by atoms with Crippen molar-refractivity contribution in [3.63, 3.8) is 0 Å². The van der Waals surface area contributed by atoms with E-state index in [0.29, 0.717) is 16.7 Å². The van der Waals surface area contributed by atoms with Crippen LogP contribution in [-0.2, 0) is 9.84 Å². The smallest absolute Gasteiger partial charge is 0.387 e. The number of rotatable bonds is 4. The van der Waals surface area contributed by atoms with Gasteiger partial charge in [-0.25, -0.2) is 8.42 Å². The second-order valence-electron chi connectivity index (χ2n) is 4.25. The minimum atomic E-state index is -3.62. The predicted molar refractivity (Wildman–Crippen MR) is 71.0 cm³/mol. The highest BCUT2D eigenvalue weighted by Gasteiger charge is 2.14. The Morgan fingerprint density at radius 1 is 1.35 bits per heavy atom. The van der Waals surface area contributed by atoms with Crippen LogP contribution in [0.2, 0.25) is 0 Å². The first-order chi connectivity index (χ1) is 9.15. The molecule has 0 unspecified atom stereocenters. The van der Waals surface area contributed by atoms with Crippen LogP contribution in [0.5, 0.6) is 5.75 Å². The first-order valence-electron chi connectivity index (χ1n) is 5.53. The average molecular weight is 301 g/mol. The molecule has 20 heavy (non-hydrogen) atoms. The minimum Gasteiger partial charge on any atom is -0.434 e. The molecule has 0 bridgehead atoms. The van der Waals surface area contributed by atoms with E-state index in [0.717, 1.165) is 6.26 Å². The summed E-state index contributed by atoms with van der Waals surface area (Å²) in [6.45, 7) is 0.197. The van der Waals surface area contributed by atoms with E-state index in [2.05, 4.69) is 4.74 Å². The molecule has 0 radical (unpaired) electrons. The topological polar surface area (TPSA) is 67.2 Å². The van der Waals surface area contributed by atoms with Gasteiger partial charge in [-0.2, -0.15) is 14.0 Å². The number of aryl methyl sites for hydroxylation is 2. The molecule has 0 aromatic heterocycles. The maximum absolute atomic E-state index is 12.2. The zero-order chi connectivity index (χ0) is 15.5. The van der Waals surface area contributed by atoms with Crippen molar-refractivity contribution in [1.29, 1.82) is 5.26 Å². The molecule has 1 rings (SSSR count). The van der Waals surface area contributed by atoms with Crippen molar-refractivity contribution in [2.75, 3.05) is 6.26 Å². The van der Waals surface area contributed by atoms with E-state index < -0.39 is 16.4 Å². The Kier molecular flexibility index (Phi) is 4.84. The van der Waals surface area contributed by atoms with Gasteiger partial charge in [-0.15, -0.1) is 0 Å². The van der Waals surface area contributed by atoms with E-state index >= 15 is 0 Å². The normalized spacial score (nSPS) is 12.3. The van der Waals surface area contributed by atoms with Gasteiger partial charge in [0.15, 0.2) is 9.84 Å². The molecule has 0 heterocycles. The Morgan fingerprint density at radius 3 is 2.20 bits per heavy atom. The molecule has 4 nitrogen and oxygen atoms in total. The number of hydrogen-bond acceptors (Lipinski definition) is 4. The highest BCUT2D eigenvalue weighted by molar-refractivity contribution is 7.95. The van der Waals surface area contributed by atoms with Crippen LogP contribution in [0.25, 0.3) is 6.08 Å². The molecule has 0 spiro atoms. The van der Waals surface area contributed by atoms with Crippen LogP contribution in [0.1, 0.15) is 16.7 Å². The van der Waals surface area contributed by atoms with Crippen molar-refractivity contribution in [1.82, 2.24) is 0 Å². The molecule has 0 saturated carbocycles. The summed E-state index contributed by atoms with van der Waals surface area (Å²) in [7, 11) is -3.62. The molecule has 0 aliphatic heterocycles. The predicted octanol–water partition coefficient (Wildman–Crippen LogP) is 2.81. The summed E-state index contributed by atoms with van der Waals surface area (Å²) >= 11 is 0. The quantitative estimate of drug-likeness (QED) is 0.802. The molecule has 0 aliphatic rings. The van der Waals surface area contributed by atoms with Crippen LogP contribution >= 0.6 is 0 Å². The maximum Gasteiger partial charge on any atom is 0.387 e. The van der Waals surface area contributed by atoms with Crippen molar-refractivity contribution in [2.45, 2.75) is 20.5 Å². The number of nitrogens with zero attached hydrogens (tertiary/aromatic N) is 1. The second kappa shape index (κ2) is 6.01. The highest BCUT2D eigenvalue weighted by atomic mass is 32.2. The molecule has 0 saturated heterocycles. The van der Waals surface area contributed by atoms with Crippen molar-refractivity contribution in [3.8, 4) is 11.8 Å². The second-order valence-corrected chi connectivity index (χ2v) is 6.24. The lowest BCUT2D eigenvalue weighted by Crippen LogP contribution is -2.05. The van der Waals surface area contributed by atoms with Crippen LogP contribution < -0.4 is 4.74 Å². The average Bonchev–Trinajstić information content (AvgIpc) is 2.29. The Balaban J connectivity index is 3.32. The fourth-order valence-electron chi connectivity index (χ4n) is 1.72. The summed E-state index contributed by atoms with van der Waals surface area (Å²) in [5.74, 6) is 0.0509. The molecule has 1 aromatic carbocycles. The molecule has 0 amide bonds. The Hall–Kier alpha value is -1.94. The van der Waals surface area contributed by atoms with E-state index in [1.54, 1.807) is 19.9 Å². The van der Waals surface area contributed by atoms with E-state index in [-0.39, 0.29) is 10.7 Å². The highest BCUT2D eigenvalue weighted by Crippen LogP contribution is 2.27. The summed E-state index contributed by atoms with van der Waals surface area (Å²) in [4.78, 5) is -0.390. The number of ether oxygens (including phenoxy) is 1. The van der Waals surface area contributed by atoms with Gasteiger partial charge < -0.3 is 4.74 Å². The van der Waals surface area contributed by atoms with Crippen molar-refractivity contribution < 1.29 is 21.9 Å². The third-order valence-corrected chi connectivity index (χ3v) is 3.51. The Morgan fingerprint density at radius 2 is 1.85 bits per heavy atom. The van der Waals surface area contributed by atoms with Crippen molar-refractivity contribution >= 4 is 15.9 Å². The molecule has 0 atom stereocenters. The lowest BCUT2D eigenvalue weighted by molar-refractivity contribution is -0.0507. The van der Waals surface area contributed by atoms with E-state index in [1.807, 2.05) is 0 Å². The minimum absolute atomic E-state index is 0.0509. The number of allylic oxidation sites excluding steroid dienone is 1. The third kappa shape index (κ3) is 4.03. The zero-order valence-corrected chi connectivity index (χ0v) is 12.0. The van der Waals surface area contributed by atoms with Gasteiger partial charge in [0.05, 0.1) is 0 Å². The number of alkyl halides is 2. The number of sulfone groups is 1. The van der Waals surface area contributed by atoms with Gasteiger partial charge >= 0.3 is 6.61 Å². The largest absolute Gasteiger partial charge is 0.434 e. The van der Waals surface area contributed by atoms with Gasteiger partial charge in [-0.3, -0.25) is 0 Å². The lowest BCUT2D eigenvalue weighted by Gasteiger charge is -2.12. The maximum atomic E-state index is 12.2. The monoisotopic (exact) mass is 301 g/mol. The van der Waals surface area contributed by atoms with Gasteiger partial charge in [-0.1, -0.05) is 0 Å². The zero-order valence-electron chi connectivity index (χ0n) is 11.1. The SMILES string of the molecule is Cc1cc(/C=C(/C#N)S(C)(=O)=O)cc(C)c1OC(F)F. The first-order valence-corrected chi connectivity index (χ1v) is 7.42. The molecular weight excluding hydrogens is 288 g/mol. The van der Waals surface area contributed by atoms with E-state index in [9.17, 15) is 17.2 Å². The fraction of sp³-hybridized carbons (Fsp3) is 0.308. The van der Waals surface area contributed by atoms with Gasteiger partial charge in [-0.05, 0) is 48.7 Å². The number of halogens is 2. The Bertz CT molecular complexity index is 665. The lowest BCUT2D eigenvalue weighted by atomic mass is 10.1. The molecule has 108 valence electrons. The Labute approximate surface area is 116 Å². The molecule has 0 N–H and O–H groups in total. The summed E-state index contributed by atoms with van der Waals surface area (Å²) in [6, 6.07) is 4.56.